The molecule has 1 amide bonds. The Morgan fingerprint density at radius 1 is 0.953 bits per heavy atom. The van der Waals surface area contributed by atoms with Gasteiger partial charge in [0.25, 0.3) is 0 Å². The van der Waals surface area contributed by atoms with Gasteiger partial charge in [-0.05, 0) is 92.4 Å². The van der Waals surface area contributed by atoms with Crippen LogP contribution in [-0.2, 0) is 14.3 Å². The Kier molecular flexibility index (Phi) is 10.3. The zero-order valence-corrected chi connectivity index (χ0v) is 28.1. The van der Waals surface area contributed by atoms with Crippen LogP contribution in [0, 0.1) is 22.7 Å². The Labute approximate surface area is 262 Å². The summed E-state index contributed by atoms with van der Waals surface area (Å²) in [4.78, 5) is 15.2. The number of nitrogens with zero attached hydrogens (tertiary/aromatic N) is 1. The number of allylic oxidation sites excluding steroid dienone is 1. The summed E-state index contributed by atoms with van der Waals surface area (Å²) in [6.45, 7) is 14.8. The molecule has 1 spiro atoms. The summed E-state index contributed by atoms with van der Waals surface area (Å²) in [5.74, 6) is 2.48. The smallest absolute Gasteiger partial charge is 0.222 e. The average molecular weight is 594 g/mol. The SMILES string of the molecule is CCCCN(CCCC)C(=O)CCCCCC1=Cc2cc(OC)ccc2[C@H]2CC[C@@]3(C)[C@@H](CCC34OCC(C)(C)CO4)[C@H]12. The van der Waals surface area contributed by atoms with Gasteiger partial charge in [-0.3, -0.25) is 4.79 Å². The highest BCUT2D eigenvalue weighted by molar-refractivity contribution is 5.76. The lowest BCUT2D eigenvalue weighted by molar-refractivity contribution is -0.344. The van der Waals surface area contributed by atoms with E-state index < -0.39 is 5.79 Å². The number of ether oxygens (including phenoxy) is 3. The first-order chi connectivity index (χ1) is 20.7. The minimum absolute atomic E-state index is 0.0284. The zero-order valence-electron chi connectivity index (χ0n) is 28.1. The van der Waals surface area contributed by atoms with Gasteiger partial charge in [-0.25, -0.2) is 0 Å². The Bertz CT molecular complexity index is 1120. The van der Waals surface area contributed by atoms with Crippen molar-refractivity contribution in [2.75, 3.05) is 33.4 Å². The third-order valence-corrected chi connectivity index (χ3v) is 11.4. The monoisotopic (exact) mass is 593 g/mol. The molecule has 4 aliphatic rings. The molecular formula is C38H59NO4. The van der Waals surface area contributed by atoms with Crippen LogP contribution in [0.2, 0.25) is 0 Å². The van der Waals surface area contributed by atoms with Crippen molar-refractivity contribution in [1.29, 1.82) is 0 Å². The maximum absolute atomic E-state index is 13.0. The number of methoxy groups -OCH3 is 1. The maximum Gasteiger partial charge on any atom is 0.222 e. The molecule has 0 unspecified atom stereocenters. The number of hydrogen-bond acceptors (Lipinski definition) is 4. The first kappa shape index (κ1) is 32.5. The minimum atomic E-state index is -0.439. The number of benzene rings is 1. The third kappa shape index (κ3) is 6.59. The molecule has 5 heteroatoms. The molecule has 0 aromatic heterocycles. The van der Waals surface area contributed by atoms with E-state index in [4.69, 9.17) is 14.2 Å². The van der Waals surface area contributed by atoms with E-state index in [0.717, 1.165) is 96.3 Å². The van der Waals surface area contributed by atoms with Gasteiger partial charge in [0.1, 0.15) is 5.75 Å². The molecule has 1 heterocycles. The van der Waals surface area contributed by atoms with Gasteiger partial charge in [0.15, 0.2) is 5.79 Å². The molecule has 5 rings (SSSR count). The first-order valence-corrected chi connectivity index (χ1v) is 17.6. The van der Waals surface area contributed by atoms with Gasteiger partial charge in [0, 0.05) is 36.8 Å². The lowest BCUT2D eigenvalue weighted by atomic mass is 9.54. The highest BCUT2D eigenvalue weighted by atomic mass is 16.7. The van der Waals surface area contributed by atoms with Crippen LogP contribution < -0.4 is 4.74 Å². The highest BCUT2D eigenvalue weighted by Crippen LogP contribution is 2.67. The molecule has 0 radical (unpaired) electrons. The molecule has 3 fully saturated rings. The number of rotatable bonds is 13. The summed E-state index contributed by atoms with van der Waals surface area (Å²) in [6, 6.07) is 6.72. The van der Waals surface area contributed by atoms with Gasteiger partial charge in [0.05, 0.1) is 20.3 Å². The van der Waals surface area contributed by atoms with Crippen LogP contribution in [0.25, 0.3) is 6.08 Å². The molecule has 1 saturated heterocycles. The van der Waals surface area contributed by atoms with E-state index in [0.29, 0.717) is 30.1 Å². The molecule has 4 atom stereocenters. The van der Waals surface area contributed by atoms with Crippen molar-refractivity contribution in [2.45, 2.75) is 130 Å². The number of carbonyl (C=O) groups is 1. The molecule has 1 aromatic rings. The van der Waals surface area contributed by atoms with Crippen molar-refractivity contribution >= 4 is 12.0 Å². The topological polar surface area (TPSA) is 48.0 Å². The van der Waals surface area contributed by atoms with Crippen molar-refractivity contribution in [3.8, 4) is 5.75 Å². The van der Waals surface area contributed by atoms with E-state index >= 15 is 0 Å². The van der Waals surface area contributed by atoms with Crippen molar-refractivity contribution in [3.05, 3.63) is 34.9 Å². The lowest BCUT2D eigenvalue weighted by Gasteiger charge is -2.56. The predicted molar refractivity (Wildman–Crippen MR) is 175 cm³/mol. The molecule has 1 aromatic carbocycles. The molecule has 2 saturated carbocycles. The molecule has 240 valence electrons. The second kappa shape index (κ2) is 13.6. The fourth-order valence-corrected chi connectivity index (χ4v) is 8.82. The van der Waals surface area contributed by atoms with E-state index in [1.165, 1.54) is 24.0 Å². The summed E-state index contributed by atoms with van der Waals surface area (Å²) >= 11 is 0. The van der Waals surface area contributed by atoms with Gasteiger partial charge in [-0.1, -0.05) is 71.6 Å². The first-order valence-electron chi connectivity index (χ1n) is 17.6. The van der Waals surface area contributed by atoms with Crippen molar-refractivity contribution in [1.82, 2.24) is 4.90 Å². The molecule has 0 N–H and O–H groups in total. The molecule has 43 heavy (non-hydrogen) atoms. The summed E-state index contributed by atoms with van der Waals surface area (Å²) in [7, 11) is 1.76. The Morgan fingerprint density at radius 2 is 1.67 bits per heavy atom. The van der Waals surface area contributed by atoms with Gasteiger partial charge >= 0.3 is 0 Å². The van der Waals surface area contributed by atoms with Crippen LogP contribution in [0.5, 0.6) is 5.75 Å². The predicted octanol–water partition coefficient (Wildman–Crippen LogP) is 9.15. The lowest BCUT2D eigenvalue weighted by Crippen LogP contribution is -2.58. The largest absolute Gasteiger partial charge is 0.497 e. The Morgan fingerprint density at radius 3 is 2.35 bits per heavy atom. The van der Waals surface area contributed by atoms with Crippen molar-refractivity contribution in [3.63, 3.8) is 0 Å². The van der Waals surface area contributed by atoms with Crippen molar-refractivity contribution in [2.24, 2.45) is 22.7 Å². The molecule has 5 nitrogen and oxygen atoms in total. The van der Waals surface area contributed by atoms with E-state index in [1.54, 1.807) is 12.7 Å². The summed E-state index contributed by atoms with van der Waals surface area (Å²) in [5.41, 5.74) is 4.55. The van der Waals surface area contributed by atoms with E-state index in [2.05, 4.69) is 63.8 Å². The molecule has 0 bridgehead atoms. The van der Waals surface area contributed by atoms with Crippen LogP contribution in [0.1, 0.15) is 135 Å². The minimum Gasteiger partial charge on any atom is -0.497 e. The third-order valence-electron chi connectivity index (χ3n) is 11.4. The Hall–Kier alpha value is -1.85. The van der Waals surface area contributed by atoms with Gasteiger partial charge < -0.3 is 19.1 Å². The van der Waals surface area contributed by atoms with Gasteiger partial charge in [-0.15, -0.1) is 0 Å². The van der Waals surface area contributed by atoms with E-state index in [-0.39, 0.29) is 10.8 Å². The van der Waals surface area contributed by atoms with Crippen LogP contribution in [0.4, 0.5) is 0 Å². The van der Waals surface area contributed by atoms with Crippen molar-refractivity contribution < 1.29 is 19.0 Å². The second-order valence-corrected chi connectivity index (χ2v) is 15.1. The van der Waals surface area contributed by atoms with E-state index in [9.17, 15) is 4.79 Å². The average Bonchev–Trinajstić information content (AvgIpc) is 3.29. The van der Waals surface area contributed by atoms with E-state index in [1.807, 2.05) is 0 Å². The second-order valence-electron chi connectivity index (χ2n) is 15.1. The van der Waals surface area contributed by atoms with Crippen LogP contribution in [0.15, 0.2) is 23.8 Å². The number of amides is 1. The van der Waals surface area contributed by atoms with Crippen LogP contribution in [0.3, 0.4) is 0 Å². The van der Waals surface area contributed by atoms with Gasteiger partial charge in [0.2, 0.25) is 5.91 Å². The van der Waals surface area contributed by atoms with Crippen LogP contribution in [-0.4, -0.2) is 50.0 Å². The number of unbranched alkanes of at least 4 members (excludes halogenated alkanes) is 4. The van der Waals surface area contributed by atoms with Crippen LogP contribution >= 0.6 is 0 Å². The normalized spacial score (nSPS) is 28.5. The standard InChI is InChI=1S/C38H59NO4/c1-7-9-22-39(23-10-8-2)34(40)15-13-11-12-14-28-24-29-25-30(41-6)16-17-31(29)32-18-20-37(5)33(35(28)32)19-21-38(37)42-26-36(3,4)27-43-38/h16-17,24-25,32-33,35H,7-15,18-23,26-27H2,1-6H3/t32-,33+,35-,37+/m1/s1. The summed E-state index contributed by atoms with van der Waals surface area (Å²) < 4.78 is 19.1. The Balaban J connectivity index is 1.29. The fourth-order valence-electron chi connectivity index (χ4n) is 8.82. The fraction of sp³-hybridized carbons (Fsp3) is 0.763. The summed E-state index contributed by atoms with van der Waals surface area (Å²) in [6.07, 6.45) is 16.5. The summed E-state index contributed by atoms with van der Waals surface area (Å²) in [5, 5.41) is 0. The molecule has 3 aliphatic carbocycles. The number of fused-ring (bicyclic) bond motifs is 6. The number of carbonyl (C=O) groups excluding carboxylic acids is 1. The quantitative estimate of drug-likeness (QED) is 0.214. The molecule has 1 aliphatic heterocycles. The van der Waals surface area contributed by atoms with Gasteiger partial charge in [-0.2, -0.15) is 0 Å². The number of hydrogen-bond donors (Lipinski definition) is 0. The maximum atomic E-state index is 13.0. The highest BCUT2D eigenvalue weighted by Gasteiger charge is 2.65. The zero-order chi connectivity index (χ0) is 30.7. The molecular weight excluding hydrogens is 534 g/mol.